The standard InChI is InChI=1S/C21H23N5O3/c1-25-20-17(12-23-25)16(21(28)26-9-7-14(8-10-26)19(22)27)11-18(24-20)13-3-5-15(29-2)6-4-13/h3-6,11-12,14H,7-10H2,1-2H3,(H2,22,27). The molecule has 2 aromatic heterocycles. The number of benzene rings is 1. The first kappa shape index (κ1) is 18.9. The molecule has 1 fully saturated rings. The first-order chi connectivity index (χ1) is 14.0. The number of pyridine rings is 1. The van der Waals surface area contributed by atoms with E-state index in [0.717, 1.165) is 11.3 Å². The van der Waals surface area contributed by atoms with E-state index in [2.05, 4.69) is 5.10 Å². The Morgan fingerprint density at radius 3 is 2.48 bits per heavy atom. The number of amides is 2. The first-order valence-corrected chi connectivity index (χ1v) is 9.53. The molecule has 1 saturated heterocycles. The van der Waals surface area contributed by atoms with Crippen LogP contribution < -0.4 is 10.5 Å². The summed E-state index contributed by atoms with van der Waals surface area (Å²) in [4.78, 5) is 31.2. The van der Waals surface area contributed by atoms with Crippen molar-refractivity contribution < 1.29 is 14.3 Å². The van der Waals surface area contributed by atoms with Crippen molar-refractivity contribution in [3.8, 4) is 17.0 Å². The maximum absolute atomic E-state index is 13.3. The lowest BCUT2D eigenvalue weighted by molar-refractivity contribution is -0.123. The molecule has 0 aliphatic carbocycles. The van der Waals surface area contributed by atoms with E-state index in [9.17, 15) is 9.59 Å². The van der Waals surface area contributed by atoms with Crippen LogP contribution in [-0.4, -0.2) is 51.7 Å². The van der Waals surface area contributed by atoms with E-state index in [-0.39, 0.29) is 17.7 Å². The Hall–Kier alpha value is -3.42. The van der Waals surface area contributed by atoms with Crippen molar-refractivity contribution in [1.29, 1.82) is 0 Å². The van der Waals surface area contributed by atoms with Crippen LogP contribution in [0.4, 0.5) is 0 Å². The Labute approximate surface area is 168 Å². The second-order valence-electron chi connectivity index (χ2n) is 7.26. The number of likely N-dealkylation sites (tertiary alicyclic amines) is 1. The summed E-state index contributed by atoms with van der Waals surface area (Å²) in [6, 6.07) is 9.36. The zero-order valence-electron chi connectivity index (χ0n) is 16.5. The number of aryl methyl sites for hydroxylation is 1. The highest BCUT2D eigenvalue weighted by Gasteiger charge is 2.28. The van der Waals surface area contributed by atoms with Crippen molar-refractivity contribution in [2.75, 3.05) is 20.2 Å². The molecule has 1 aliphatic heterocycles. The third-order valence-electron chi connectivity index (χ3n) is 5.51. The fourth-order valence-electron chi connectivity index (χ4n) is 3.74. The Balaban J connectivity index is 1.71. The van der Waals surface area contributed by atoms with Crippen LogP contribution in [0, 0.1) is 5.92 Å². The Kier molecular flexibility index (Phi) is 4.92. The van der Waals surface area contributed by atoms with E-state index >= 15 is 0 Å². The topological polar surface area (TPSA) is 103 Å². The maximum Gasteiger partial charge on any atom is 0.254 e. The quantitative estimate of drug-likeness (QED) is 0.730. The summed E-state index contributed by atoms with van der Waals surface area (Å²) in [7, 11) is 3.42. The fourth-order valence-corrected chi connectivity index (χ4v) is 3.74. The van der Waals surface area contributed by atoms with Crippen LogP contribution in [0.25, 0.3) is 22.3 Å². The number of nitrogens with two attached hydrogens (primary N) is 1. The molecule has 0 bridgehead atoms. The van der Waals surface area contributed by atoms with Crippen LogP contribution in [0.1, 0.15) is 23.2 Å². The van der Waals surface area contributed by atoms with Crippen LogP contribution in [-0.2, 0) is 11.8 Å². The van der Waals surface area contributed by atoms with Gasteiger partial charge in [0.1, 0.15) is 5.75 Å². The molecule has 3 aromatic rings. The Morgan fingerprint density at radius 1 is 1.17 bits per heavy atom. The Morgan fingerprint density at radius 2 is 1.86 bits per heavy atom. The SMILES string of the molecule is COc1ccc(-c2cc(C(=O)N3CCC(C(N)=O)CC3)c3cnn(C)c3n2)cc1. The molecule has 0 spiro atoms. The van der Waals surface area contributed by atoms with Gasteiger partial charge in [0.15, 0.2) is 5.65 Å². The lowest BCUT2D eigenvalue weighted by Crippen LogP contribution is -2.41. The number of aromatic nitrogens is 3. The molecule has 150 valence electrons. The van der Waals surface area contributed by atoms with Crippen LogP contribution in [0.15, 0.2) is 36.5 Å². The summed E-state index contributed by atoms with van der Waals surface area (Å²) in [5, 5.41) is 5.00. The lowest BCUT2D eigenvalue weighted by Gasteiger charge is -2.30. The molecule has 1 aromatic carbocycles. The summed E-state index contributed by atoms with van der Waals surface area (Å²) in [6.45, 7) is 1.02. The van der Waals surface area contributed by atoms with Gasteiger partial charge in [-0.3, -0.25) is 14.3 Å². The lowest BCUT2D eigenvalue weighted by atomic mass is 9.95. The van der Waals surface area contributed by atoms with Gasteiger partial charge < -0.3 is 15.4 Å². The summed E-state index contributed by atoms with van der Waals surface area (Å²) in [5.74, 6) is 0.217. The average molecular weight is 393 g/mol. The van der Waals surface area contributed by atoms with Crippen molar-refractivity contribution in [2.45, 2.75) is 12.8 Å². The minimum Gasteiger partial charge on any atom is -0.497 e. The Bertz CT molecular complexity index is 1070. The molecule has 2 amide bonds. The van der Waals surface area contributed by atoms with E-state index in [0.29, 0.717) is 48.2 Å². The number of piperidine rings is 1. The minimum absolute atomic E-state index is 0.0805. The van der Waals surface area contributed by atoms with Crippen molar-refractivity contribution in [3.63, 3.8) is 0 Å². The molecule has 8 nitrogen and oxygen atoms in total. The fraction of sp³-hybridized carbons (Fsp3) is 0.333. The number of carbonyl (C=O) groups is 2. The molecule has 0 saturated carbocycles. The van der Waals surface area contributed by atoms with Gasteiger partial charge in [-0.2, -0.15) is 5.10 Å². The number of carbonyl (C=O) groups excluding carboxylic acids is 2. The van der Waals surface area contributed by atoms with Crippen molar-refractivity contribution in [3.05, 3.63) is 42.1 Å². The number of ether oxygens (including phenoxy) is 1. The minimum atomic E-state index is -0.294. The predicted molar refractivity (Wildman–Crippen MR) is 108 cm³/mol. The normalized spacial score (nSPS) is 14.9. The molecule has 0 atom stereocenters. The van der Waals surface area contributed by atoms with Gasteiger partial charge >= 0.3 is 0 Å². The van der Waals surface area contributed by atoms with Crippen molar-refractivity contribution in [2.24, 2.45) is 18.7 Å². The van der Waals surface area contributed by atoms with E-state index in [1.54, 1.807) is 29.9 Å². The van der Waals surface area contributed by atoms with Gasteiger partial charge in [-0.05, 0) is 43.2 Å². The molecule has 0 unspecified atom stereocenters. The predicted octanol–water partition coefficient (Wildman–Crippen LogP) is 1.98. The molecule has 0 radical (unpaired) electrons. The highest BCUT2D eigenvalue weighted by Crippen LogP contribution is 2.28. The molecule has 2 N–H and O–H groups in total. The summed E-state index contributed by atoms with van der Waals surface area (Å²) >= 11 is 0. The number of hydrogen-bond acceptors (Lipinski definition) is 5. The van der Waals surface area contributed by atoms with Crippen LogP contribution in [0.3, 0.4) is 0 Å². The largest absolute Gasteiger partial charge is 0.497 e. The average Bonchev–Trinajstić information content (AvgIpc) is 3.13. The zero-order chi connectivity index (χ0) is 20.5. The summed E-state index contributed by atoms with van der Waals surface area (Å²) in [6.07, 6.45) is 2.85. The second-order valence-corrected chi connectivity index (χ2v) is 7.26. The van der Waals surface area contributed by atoms with E-state index in [4.69, 9.17) is 15.5 Å². The maximum atomic E-state index is 13.3. The highest BCUT2D eigenvalue weighted by molar-refractivity contribution is 6.06. The van der Waals surface area contributed by atoms with Gasteiger partial charge in [-0.25, -0.2) is 4.98 Å². The van der Waals surface area contributed by atoms with Gasteiger partial charge in [0, 0.05) is 31.6 Å². The van der Waals surface area contributed by atoms with E-state index < -0.39 is 0 Å². The molecule has 29 heavy (non-hydrogen) atoms. The molecular formula is C21H23N5O3. The number of nitrogens with zero attached hydrogens (tertiary/aromatic N) is 4. The highest BCUT2D eigenvalue weighted by atomic mass is 16.5. The molecule has 8 heteroatoms. The van der Waals surface area contributed by atoms with Gasteiger partial charge in [-0.15, -0.1) is 0 Å². The molecular weight excluding hydrogens is 370 g/mol. The van der Waals surface area contributed by atoms with Crippen molar-refractivity contribution >= 4 is 22.8 Å². The van der Waals surface area contributed by atoms with E-state index in [1.807, 2.05) is 30.3 Å². The number of rotatable bonds is 4. The van der Waals surface area contributed by atoms with Gasteiger partial charge in [0.25, 0.3) is 5.91 Å². The van der Waals surface area contributed by atoms with E-state index in [1.165, 1.54) is 0 Å². The molecule has 4 rings (SSSR count). The van der Waals surface area contributed by atoms with Crippen molar-refractivity contribution in [1.82, 2.24) is 19.7 Å². The van der Waals surface area contributed by atoms with Crippen LogP contribution in [0.2, 0.25) is 0 Å². The number of fused-ring (bicyclic) bond motifs is 1. The monoisotopic (exact) mass is 393 g/mol. The van der Waals surface area contributed by atoms with Crippen LogP contribution in [0.5, 0.6) is 5.75 Å². The third kappa shape index (κ3) is 3.53. The summed E-state index contributed by atoms with van der Waals surface area (Å²) in [5.41, 5.74) is 8.20. The van der Waals surface area contributed by atoms with Crippen LogP contribution >= 0.6 is 0 Å². The molecule has 3 heterocycles. The smallest absolute Gasteiger partial charge is 0.254 e. The van der Waals surface area contributed by atoms with Gasteiger partial charge in [-0.1, -0.05) is 0 Å². The zero-order valence-corrected chi connectivity index (χ0v) is 16.5. The number of primary amides is 1. The third-order valence-corrected chi connectivity index (χ3v) is 5.51. The van der Waals surface area contributed by atoms with Gasteiger partial charge in [0.2, 0.25) is 5.91 Å². The second kappa shape index (κ2) is 7.54. The first-order valence-electron chi connectivity index (χ1n) is 9.53. The number of methoxy groups -OCH3 is 1. The van der Waals surface area contributed by atoms with Gasteiger partial charge in [0.05, 0.1) is 30.0 Å². The summed E-state index contributed by atoms with van der Waals surface area (Å²) < 4.78 is 6.89. The number of hydrogen-bond donors (Lipinski definition) is 1. The molecule has 1 aliphatic rings.